The van der Waals surface area contributed by atoms with Gasteiger partial charge in [-0.15, -0.1) is 0 Å². The minimum absolute atomic E-state index is 0.0695. The number of ether oxygens (including phenoxy) is 2. The van der Waals surface area contributed by atoms with Crippen LogP contribution < -0.4 is 5.73 Å². The van der Waals surface area contributed by atoms with Gasteiger partial charge in [-0.2, -0.15) is 0 Å². The summed E-state index contributed by atoms with van der Waals surface area (Å²) in [6, 6.07) is 9.76. The predicted octanol–water partition coefficient (Wildman–Crippen LogP) is 1.41. The Morgan fingerprint density at radius 3 is 2.38 bits per heavy atom. The van der Waals surface area contributed by atoms with E-state index in [0.29, 0.717) is 0 Å². The van der Waals surface area contributed by atoms with Crippen LogP contribution in [-0.4, -0.2) is 12.3 Å². The van der Waals surface area contributed by atoms with Gasteiger partial charge in [-0.1, -0.05) is 30.3 Å². The first-order valence-corrected chi connectivity index (χ1v) is 4.39. The van der Waals surface area contributed by atoms with Gasteiger partial charge >= 0.3 is 0 Å². The van der Waals surface area contributed by atoms with Gasteiger partial charge in [0.25, 0.3) is 0 Å². The highest BCUT2D eigenvalue weighted by Gasteiger charge is 2.34. The molecular weight excluding hydrogens is 166 g/mol. The van der Waals surface area contributed by atoms with Crippen molar-refractivity contribution in [1.82, 2.24) is 0 Å². The fourth-order valence-electron chi connectivity index (χ4n) is 1.27. The minimum atomic E-state index is -0.245. The predicted molar refractivity (Wildman–Crippen MR) is 48.8 cm³/mol. The number of nitrogens with two attached hydrogens (primary N) is 1. The second kappa shape index (κ2) is 3.46. The molecule has 2 rings (SSSR count). The second-order valence-electron chi connectivity index (χ2n) is 3.24. The molecule has 0 saturated carbocycles. The van der Waals surface area contributed by atoms with Crippen LogP contribution in [0.25, 0.3) is 0 Å². The van der Waals surface area contributed by atoms with E-state index in [9.17, 15) is 0 Å². The summed E-state index contributed by atoms with van der Waals surface area (Å²) in [6.45, 7) is 1.87. The molecule has 0 amide bonds. The Labute approximate surface area is 77.5 Å². The summed E-state index contributed by atoms with van der Waals surface area (Å²) in [5.41, 5.74) is 6.63. The van der Waals surface area contributed by atoms with E-state index < -0.39 is 0 Å². The SMILES string of the molecule is CC(N)C1OC(c2ccccc2)O1. The smallest absolute Gasteiger partial charge is 0.190 e. The molecule has 0 radical (unpaired) electrons. The van der Waals surface area contributed by atoms with Crippen LogP contribution in [0.5, 0.6) is 0 Å². The molecule has 0 bridgehead atoms. The minimum Gasteiger partial charge on any atom is -0.324 e. The van der Waals surface area contributed by atoms with Crippen LogP contribution in [0.2, 0.25) is 0 Å². The Morgan fingerprint density at radius 2 is 1.85 bits per heavy atom. The van der Waals surface area contributed by atoms with Crippen molar-refractivity contribution in [3.05, 3.63) is 35.9 Å². The van der Waals surface area contributed by atoms with Crippen molar-refractivity contribution in [3.8, 4) is 0 Å². The zero-order valence-electron chi connectivity index (χ0n) is 7.51. The van der Waals surface area contributed by atoms with E-state index in [4.69, 9.17) is 15.2 Å². The Bertz CT molecular complexity index is 268. The highest BCUT2D eigenvalue weighted by Crippen LogP contribution is 2.32. The molecule has 0 aromatic heterocycles. The maximum Gasteiger partial charge on any atom is 0.190 e. The maximum absolute atomic E-state index is 5.59. The lowest BCUT2D eigenvalue weighted by Gasteiger charge is -2.38. The molecule has 1 atom stereocenters. The van der Waals surface area contributed by atoms with E-state index in [1.165, 1.54) is 0 Å². The van der Waals surface area contributed by atoms with Crippen LogP contribution in [0.15, 0.2) is 30.3 Å². The average molecular weight is 179 g/mol. The highest BCUT2D eigenvalue weighted by molar-refractivity contribution is 5.16. The lowest BCUT2D eigenvalue weighted by molar-refractivity contribution is -0.394. The van der Waals surface area contributed by atoms with Crippen molar-refractivity contribution in [2.24, 2.45) is 5.73 Å². The number of hydrogen-bond acceptors (Lipinski definition) is 3. The largest absolute Gasteiger partial charge is 0.324 e. The molecular formula is C10H13NO2. The van der Waals surface area contributed by atoms with Crippen molar-refractivity contribution < 1.29 is 9.47 Å². The van der Waals surface area contributed by atoms with Crippen molar-refractivity contribution in [3.63, 3.8) is 0 Å². The molecule has 1 fully saturated rings. The first-order valence-electron chi connectivity index (χ1n) is 4.39. The molecule has 0 spiro atoms. The second-order valence-corrected chi connectivity index (χ2v) is 3.24. The molecule has 70 valence electrons. The summed E-state index contributed by atoms with van der Waals surface area (Å²) in [7, 11) is 0. The van der Waals surface area contributed by atoms with Crippen molar-refractivity contribution in [2.45, 2.75) is 25.5 Å². The van der Waals surface area contributed by atoms with Crippen molar-refractivity contribution in [1.29, 1.82) is 0 Å². The molecule has 1 aliphatic rings. The third-order valence-corrected chi connectivity index (χ3v) is 2.02. The van der Waals surface area contributed by atoms with Crippen LogP contribution in [0, 0.1) is 0 Å². The molecule has 1 aliphatic heterocycles. The zero-order chi connectivity index (χ0) is 9.26. The van der Waals surface area contributed by atoms with Gasteiger partial charge in [0.2, 0.25) is 0 Å². The molecule has 1 saturated heterocycles. The Balaban J connectivity index is 1.94. The molecule has 2 N–H and O–H groups in total. The lowest BCUT2D eigenvalue weighted by atomic mass is 10.2. The summed E-state index contributed by atoms with van der Waals surface area (Å²) in [6.07, 6.45) is -0.470. The van der Waals surface area contributed by atoms with Gasteiger partial charge in [0.1, 0.15) is 0 Å². The third kappa shape index (κ3) is 1.72. The number of rotatable bonds is 2. The van der Waals surface area contributed by atoms with Crippen LogP contribution in [0.4, 0.5) is 0 Å². The van der Waals surface area contributed by atoms with E-state index in [1.807, 2.05) is 37.3 Å². The maximum atomic E-state index is 5.59. The van der Waals surface area contributed by atoms with Crippen LogP contribution in [0.3, 0.4) is 0 Å². The average Bonchev–Trinajstić information content (AvgIpc) is 2.02. The Morgan fingerprint density at radius 1 is 1.23 bits per heavy atom. The highest BCUT2D eigenvalue weighted by atomic mass is 16.9. The Kier molecular flexibility index (Phi) is 2.31. The fraction of sp³-hybridized carbons (Fsp3) is 0.400. The molecule has 1 aromatic rings. The molecule has 1 aromatic carbocycles. The normalized spacial score (nSPS) is 29.4. The lowest BCUT2D eigenvalue weighted by Crippen LogP contribution is -2.46. The first kappa shape index (κ1) is 8.69. The molecule has 1 heterocycles. The standard InChI is InChI=1S/C10H13NO2/c1-7(11)9-12-10(13-9)8-5-3-2-4-6-8/h2-7,9-10H,11H2,1H3. The fourth-order valence-corrected chi connectivity index (χ4v) is 1.27. The van der Waals surface area contributed by atoms with Gasteiger partial charge in [-0.25, -0.2) is 0 Å². The van der Waals surface area contributed by atoms with Crippen molar-refractivity contribution in [2.75, 3.05) is 0 Å². The molecule has 13 heavy (non-hydrogen) atoms. The summed E-state index contributed by atoms with van der Waals surface area (Å²) < 4.78 is 10.9. The monoisotopic (exact) mass is 179 g/mol. The van der Waals surface area contributed by atoms with Gasteiger partial charge in [-0.3, -0.25) is 0 Å². The first-order chi connectivity index (χ1) is 6.27. The van der Waals surface area contributed by atoms with E-state index in [1.54, 1.807) is 0 Å². The summed E-state index contributed by atoms with van der Waals surface area (Å²) in [5.74, 6) is 0. The molecule has 3 heteroatoms. The summed E-state index contributed by atoms with van der Waals surface area (Å²) >= 11 is 0. The van der Waals surface area contributed by atoms with E-state index in [-0.39, 0.29) is 18.6 Å². The van der Waals surface area contributed by atoms with Gasteiger partial charge in [0.05, 0.1) is 6.04 Å². The zero-order valence-corrected chi connectivity index (χ0v) is 7.51. The van der Waals surface area contributed by atoms with Crippen molar-refractivity contribution >= 4 is 0 Å². The summed E-state index contributed by atoms with van der Waals surface area (Å²) in [4.78, 5) is 0. The van der Waals surface area contributed by atoms with Gasteiger partial charge in [-0.05, 0) is 6.92 Å². The molecule has 3 nitrogen and oxygen atoms in total. The molecule has 1 unspecified atom stereocenters. The van der Waals surface area contributed by atoms with Crippen LogP contribution >= 0.6 is 0 Å². The van der Waals surface area contributed by atoms with Crippen LogP contribution in [0.1, 0.15) is 18.8 Å². The van der Waals surface area contributed by atoms with E-state index in [0.717, 1.165) is 5.56 Å². The van der Waals surface area contributed by atoms with Gasteiger partial charge in [0.15, 0.2) is 12.6 Å². The van der Waals surface area contributed by atoms with E-state index in [2.05, 4.69) is 0 Å². The van der Waals surface area contributed by atoms with Gasteiger partial charge in [0, 0.05) is 5.56 Å². The van der Waals surface area contributed by atoms with E-state index >= 15 is 0 Å². The quantitative estimate of drug-likeness (QED) is 0.746. The number of benzene rings is 1. The number of hydrogen-bond donors (Lipinski definition) is 1. The van der Waals surface area contributed by atoms with Gasteiger partial charge < -0.3 is 15.2 Å². The molecule has 0 aliphatic carbocycles. The topological polar surface area (TPSA) is 44.5 Å². The summed E-state index contributed by atoms with van der Waals surface area (Å²) in [5, 5.41) is 0. The van der Waals surface area contributed by atoms with Crippen LogP contribution in [-0.2, 0) is 9.47 Å². The third-order valence-electron chi connectivity index (χ3n) is 2.02. The Hall–Kier alpha value is -0.900.